The van der Waals surface area contributed by atoms with Crippen molar-refractivity contribution in [3.8, 4) is 0 Å². The maximum Gasteiger partial charge on any atom is 0.260 e. The molecule has 0 fully saturated rings. The van der Waals surface area contributed by atoms with E-state index in [0.717, 1.165) is 25.0 Å². The molecule has 1 aromatic heterocycles. The third-order valence-electron chi connectivity index (χ3n) is 3.52. The predicted octanol–water partition coefficient (Wildman–Crippen LogP) is 3.66. The van der Waals surface area contributed by atoms with E-state index >= 15 is 0 Å². The van der Waals surface area contributed by atoms with Crippen LogP contribution in [0.25, 0.3) is 0 Å². The minimum absolute atomic E-state index is 0.0500. The first-order valence-corrected chi connectivity index (χ1v) is 7.49. The second kappa shape index (κ2) is 5.32. The summed E-state index contributed by atoms with van der Waals surface area (Å²) in [7, 11) is 0. The number of fused-ring (bicyclic) bond motifs is 1. The number of aromatic nitrogens is 1. The molecule has 0 unspecified atom stereocenters. The van der Waals surface area contributed by atoms with Crippen molar-refractivity contribution in [1.29, 1.82) is 0 Å². The number of aryl methyl sites for hydroxylation is 1. The van der Waals surface area contributed by atoms with Gasteiger partial charge >= 0.3 is 0 Å². The van der Waals surface area contributed by atoms with Gasteiger partial charge in [0.15, 0.2) is 5.13 Å². The maximum atomic E-state index is 13.5. The summed E-state index contributed by atoms with van der Waals surface area (Å²) in [6, 6.07) is 5.96. The van der Waals surface area contributed by atoms with Crippen LogP contribution < -0.4 is 5.32 Å². The molecule has 1 aliphatic carbocycles. The van der Waals surface area contributed by atoms with Gasteiger partial charge in [0, 0.05) is 4.88 Å². The molecule has 0 saturated heterocycles. The quantitative estimate of drug-likeness (QED) is 0.917. The average molecular weight is 290 g/mol. The number of rotatable bonds is 2. The summed E-state index contributed by atoms with van der Waals surface area (Å²) < 4.78 is 13.5. The molecule has 5 heteroatoms. The number of nitrogens with one attached hydrogen (secondary N) is 1. The fourth-order valence-corrected chi connectivity index (χ4v) is 3.57. The Kier molecular flexibility index (Phi) is 3.53. The second-order valence-corrected chi connectivity index (χ2v) is 6.25. The molecule has 1 amide bonds. The minimum atomic E-state index is -0.514. The zero-order valence-electron chi connectivity index (χ0n) is 11.1. The van der Waals surface area contributed by atoms with E-state index in [1.54, 1.807) is 12.1 Å². The molecule has 1 heterocycles. The van der Waals surface area contributed by atoms with E-state index in [9.17, 15) is 9.18 Å². The van der Waals surface area contributed by atoms with Crippen LogP contribution >= 0.6 is 11.3 Å². The summed E-state index contributed by atoms with van der Waals surface area (Å²) in [5.74, 6) is -0.291. The number of hydrogen-bond donors (Lipinski definition) is 1. The Hall–Kier alpha value is -1.75. The second-order valence-electron chi connectivity index (χ2n) is 5.17. The van der Waals surface area contributed by atoms with E-state index in [2.05, 4.69) is 17.2 Å². The van der Waals surface area contributed by atoms with Crippen LogP contribution in [-0.2, 0) is 12.8 Å². The molecule has 104 valence electrons. The van der Waals surface area contributed by atoms with Crippen LogP contribution in [0.1, 0.15) is 34.3 Å². The van der Waals surface area contributed by atoms with E-state index in [4.69, 9.17) is 0 Å². The maximum absolute atomic E-state index is 13.5. The molecular weight excluding hydrogens is 275 g/mol. The number of hydrogen-bond acceptors (Lipinski definition) is 3. The van der Waals surface area contributed by atoms with E-state index in [1.165, 1.54) is 28.3 Å². The minimum Gasteiger partial charge on any atom is -0.298 e. The molecule has 20 heavy (non-hydrogen) atoms. The van der Waals surface area contributed by atoms with Crippen LogP contribution in [0.5, 0.6) is 0 Å². The summed E-state index contributed by atoms with van der Waals surface area (Å²) in [6.07, 6.45) is 3.11. The molecule has 0 radical (unpaired) electrons. The number of carbonyl (C=O) groups is 1. The number of nitrogens with zero attached hydrogens (tertiary/aromatic N) is 1. The van der Waals surface area contributed by atoms with Gasteiger partial charge in [-0.1, -0.05) is 19.1 Å². The lowest BCUT2D eigenvalue weighted by atomic mass is 9.93. The number of amides is 1. The van der Waals surface area contributed by atoms with Gasteiger partial charge in [0.05, 0.1) is 11.3 Å². The summed E-state index contributed by atoms with van der Waals surface area (Å²) >= 11 is 1.50. The highest BCUT2D eigenvalue weighted by Crippen LogP contribution is 2.32. The first-order chi connectivity index (χ1) is 9.63. The Bertz CT molecular complexity index is 653. The molecule has 2 aromatic rings. The van der Waals surface area contributed by atoms with Crippen molar-refractivity contribution in [3.63, 3.8) is 0 Å². The Morgan fingerprint density at radius 3 is 3.05 bits per heavy atom. The summed E-state index contributed by atoms with van der Waals surface area (Å²) in [5.41, 5.74) is 1.13. The predicted molar refractivity (Wildman–Crippen MR) is 77.7 cm³/mol. The van der Waals surface area contributed by atoms with Gasteiger partial charge in [0.1, 0.15) is 5.82 Å². The van der Waals surface area contributed by atoms with Crippen LogP contribution in [0, 0.1) is 11.7 Å². The number of anilines is 1. The van der Waals surface area contributed by atoms with Crippen molar-refractivity contribution in [3.05, 3.63) is 46.2 Å². The standard InChI is InChI=1S/C15H15FN2OS/c1-9-6-7-12-13(8-9)20-15(17-12)18-14(19)10-4-2-3-5-11(10)16/h2-5,9H,6-8H2,1H3,(H,17,18,19)/t9-/m1/s1. The normalized spacial score (nSPS) is 17.6. The van der Waals surface area contributed by atoms with E-state index < -0.39 is 11.7 Å². The van der Waals surface area contributed by atoms with Crippen molar-refractivity contribution in [2.24, 2.45) is 5.92 Å². The smallest absolute Gasteiger partial charge is 0.260 e. The monoisotopic (exact) mass is 290 g/mol. The molecule has 1 aliphatic rings. The van der Waals surface area contributed by atoms with Crippen LogP contribution in [0.4, 0.5) is 9.52 Å². The highest BCUT2D eigenvalue weighted by atomic mass is 32.1. The first-order valence-electron chi connectivity index (χ1n) is 6.68. The van der Waals surface area contributed by atoms with Gasteiger partial charge < -0.3 is 0 Å². The lowest BCUT2D eigenvalue weighted by Crippen LogP contribution is -2.13. The number of benzene rings is 1. The van der Waals surface area contributed by atoms with Crippen LogP contribution in [0.3, 0.4) is 0 Å². The number of carbonyl (C=O) groups excluding carboxylic acids is 1. The lowest BCUT2D eigenvalue weighted by molar-refractivity contribution is 0.102. The topological polar surface area (TPSA) is 42.0 Å². The van der Waals surface area contributed by atoms with E-state index in [1.807, 2.05) is 0 Å². The first kappa shape index (κ1) is 13.2. The highest BCUT2D eigenvalue weighted by Gasteiger charge is 2.21. The number of thiazole rings is 1. The Morgan fingerprint density at radius 2 is 2.25 bits per heavy atom. The van der Waals surface area contributed by atoms with Gasteiger partial charge in [-0.25, -0.2) is 9.37 Å². The van der Waals surface area contributed by atoms with E-state index in [-0.39, 0.29) is 5.56 Å². The average Bonchev–Trinajstić information content (AvgIpc) is 2.80. The van der Waals surface area contributed by atoms with Gasteiger partial charge in [0.25, 0.3) is 5.91 Å². The Balaban J connectivity index is 1.79. The molecule has 1 aromatic carbocycles. The zero-order valence-corrected chi connectivity index (χ0v) is 12.0. The summed E-state index contributed by atoms with van der Waals surface area (Å²) in [5, 5.41) is 3.27. The molecule has 0 aliphatic heterocycles. The van der Waals surface area contributed by atoms with Crippen molar-refractivity contribution in [2.45, 2.75) is 26.2 Å². The highest BCUT2D eigenvalue weighted by molar-refractivity contribution is 7.15. The fraction of sp³-hybridized carbons (Fsp3) is 0.333. The molecule has 1 atom stereocenters. The van der Waals surface area contributed by atoms with Crippen molar-refractivity contribution in [2.75, 3.05) is 5.32 Å². The molecule has 3 nitrogen and oxygen atoms in total. The lowest BCUT2D eigenvalue weighted by Gasteiger charge is -2.15. The Morgan fingerprint density at radius 1 is 1.45 bits per heavy atom. The van der Waals surface area contributed by atoms with Crippen LogP contribution in [0.15, 0.2) is 24.3 Å². The molecule has 0 spiro atoms. The molecule has 0 bridgehead atoms. The van der Waals surface area contributed by atoms with Gasteiger partial charge in [-0.15, -0.1) is 11.3 Å². The fourth-order valence-electron chi connectivity index (χ4n) is 2.40. The summed E-state index contributed by atoms with van der Waals surface area (Å²) in [6.45, 7) is 2.22. The Labute approximate surface area is 120 Å². The van der Waals surface area contributed by atoms with Crippen LogP contribution in [-0.4, -0.2) is 10.9 Å². The molecule has 3 rings (SSSR count). The van der Waals surface area contributed by atoms with Crippen LogP contribution in [0.2, 0.25) is 0 Å². The molecular formula is C15H15FN2OS. The molecule has 1 N–H and O–H groups in total. The van der Waals surface area contributed by atoms with Gasteiger partial charge in [-0.3, -0.25) is 10.1 Å². The zero-order chi connectivity index (χ0) is 14.1. The third-order valence-corrected chi connectivity index (χ3v) is 4.56. The summed E-state index contributed by atoms with van der Waals surface area (Å²) in [4.78, 5) is 17.7. The van der Waals surface area contributed by atoms with Gasteiger partial charge in [-0.05, 0) is 37.3 Å². The van der Waals surface area contributed by atoms with Crippen molar-refractivity contribution in [1.82, 2.24) is 4.98 Å². The van der Waals surface area contributed by atoms with Gasteiger partial charge in [-0.2, -0.15) is 0 Å². The van der Waals surface area contributed by atoms with Crippen molar-refractivity contribution >= 4 is 22.4 Å². The largest absolute Gasteiger partial charge is 0.298 e. The third kappa shape index (κ3) is 2.58. The van der Waals surface area contributed by atoms with Crippen molar-refractivity contribution < 1.29 is 9.18 Å². The van der Waals surface area contributed by atoms with Gasteiger partial charge in [0.2, 0.25) is 0 Å². The SMILES string of the molecule is C[C@@H]1CCc2nc(NC(=O)c3ccccc3F)sc2C1. The number of halogens is 1. The van der Waals surface area contributed by atoms with E-state index in [0.29, 0.717) is 11.0 Å². The molecule has 0 saturated carbocycles.